The van der Waals surface area contributed by atoms with Gasteiger partial charge in [-0.2, -0.15) is 0 Å². The smallest absolute Gasteiger partial charge is 0.305 e. The maximum Gasteiger partial charge on any atom is 0.305 e. The largest absolute Gasteiger partial charge is 0.469 e. The van der Waals surface area contributed by atoms with Crippen molar-refractivity contribution in [1.82, 2.24) is 19.8 Å². The van der Waals surface area contributed by atoms with Gasteiger partial charge in [-0.25, -0.2) is 0 Å². The van der Waals surface area contributed by atoms with E-state index in [9.17, 15) is 4.79 Å². The maximum atomic E-state index is 11.7. The molecule has 178 valence electrons. The summed E-state index contributed by atoms with van der Waals surface area (Å²) in [7, 11) is 1.42. The zero-order chi connectivity index (χ0) is 24.4. The van der Waals surface area contributed by atoms with Crippen LogP contribution in [0.25, 0.3) is 5.69 Å². The first-order chi connectivity index (χ1) is 16.3. The number of ether oxygens (including phenoxy) is 1. The van der Waals surface area contributed by atoms with E-state index in [2.05, 4.69) is 71.7 Å². The summed E-state index contributed by atoms with van der Waals surface area (Å²) < 4.78 is 7.18. The number of methoxy groups -OCH3 is 1. The number of pyridine rings is 1. The lowest BCUT2D eigenvalue weighted by atomic mass is 9.96. The minimum atomic E-state index is -0.205. The third kappa shape index (κ3) is 4.44. The van der Waals surface area contributed by atoms with Gasteiger partial charge in [0.25, 0.3) is 0 Å². The van der Waals surface area contributed by atoms with Crippen LogP contribution in [0.3, 0.4) is 0 Å². The van der Waals surface area contributed by atoms with Gasteiger partial charge >= 0.3 is 5.97 Å². The van der Waals surface area contributed by atoms with Crippen LogP contribution in [-0.4, -0.2) is 39.2 Å². The van der Waals surface area contributed by atoms with Crippen molar-refractivity contribution in [2.45, 2.75) is 52.6 Å². The quantitative estimate of drug-likeness (QED) is 0.381. The lowest BCUT2D eigenvalue weighted by molar-refractivity contribution is -0.140. The van der Waals surface area contributed by atoms with E-state index in [1.54, 1.807) is 0 Å². The van der Waals surface area contributed by atoms with Crippen LogP contribution < -0.4 is 5.32 Å². The minimum absolute atomic E-state index is 0.0377. The summed E-state index contributed by atoms with van der Waals surface area (Å²) in [6.07, 6.45) is 2.84. The number of nitrogens with zero attached hydrogens (tertiary/aromatic N) is 3. The molecule has 2 aromatic heterocycles. The molecule has 1 N–H and O–H groups in total. The van der Waals surface area contributed by atoms with Crippen molar-refractivity contribution < 1.29 is 9.53 Å². The number of hydrogen-bond acceptors (Lipinski definition) is 4. The first-order valence-corrected chi connectivity index (χ1v) is 12.0. The Kier molecular flexibility index (Phi) is 7.03. The molecule has 3 aromatic rings. The number of aromatic nitrogens is 2. The number of rotatable bonds is 7. The molecule has 6 nitrogen and oxygen atoms in total. The molecular weight excluding hydrogens is 444 g/mol. The first kappa shape index (κ1) is 24.0. The van der Waals surface area contributed by atoms with Gasteiger partial charge in [-0.3, -0.25) is 9.78 Å². The van der Waals surface area contributed by atoms with E-state index < -0.39 is 0 Å². The highest BCUT2D eigenvalue weighted by atomic mass is 32.1. The van der Waals surface area contributed by atoms with Crippen molar-refractivity contribution in [3.63, 3.8) is 0 Å². The zero-order valence-electron chi connectivity index (χ0n) is 20.5. The third-order valence-corrected chi connectivity index (χ3v) is 7.01. The highest BCUT2D eigenvalue weighted by Gasteiger charge is 2.41. The number of carbonyl (C=O) groups is 1. The van der Waals surface area contributed by atoms with E-state index in [0.29, 0.717) is 24.5 Å². The number of para-hydroxylation sites is 1. The minimum Gasteiger partial charge on any atom is -0.469 e. The van der Waals surface area contributed by atoms with Crippen molar-refractivity contribution in [3.8, 4) is 5.69 Å². The maximum absolute atomic E-state index is 11.7. The van der Waals surface area contributed by atoms with Gasteiger partial charge in [-0.05, 0) is 81.2 Å². The number of nitrogens with one attached hydrogen (secondary N) is 1. The fraction of sp³-hybridized carbons (Fsp3) is 0.370. The van der Waals surface area contributed by atoms with E-state index in [1.165, 1.54) is 40.9 Å². The molecule has 2 atom stereocenters. The second-order valence-corrected chi connectivity index (χ2v) is 9.29. The predicted molar refractivity (Wildman–Crippen MR) is 138 cm³/mol. The summed E-state index contributed by atoms with van der Waals surface area (Å²) >= 11 is 5.78. The number of carbonyl (C=O) groups excluding carboxylic acids is 1. The highest BCUT2D eigenvalue weighted by Crippen LogP contribution is 2.42. The normalized spacial score (nSPS) is 17.7. The monoisotopic (exact) mass is 476 g/mol. The molecule has 0 unspecified atom stereocenters. The number of esters is 1. The SMILES string of the molecule is COC(=O)CCCN1C(=S)N[C@H](c2ccccn2)[C@@H]1c1cc(C)n(-c2c(C)cccc2C)c1C. The Bertz CT molecular complexity index is 1180. The number of thiocarbonyl (C=S) groups is 1. The molecule has 0 spiro atoms. The van der Waals surface area contributed by atoms with Crippen molar-refractivity contribution in [2.75, 3.05) is 13.7 Å². The van der Waals surface area contributed by atoms with Gasteiger partial charge in [-0.1, -0.05) is 24.3 Å². The highest BCUT2D eigenvalue weighted by molar-refractivity contribution is 7.80. The molecule has 0 radical (unpaired) electrons. The van der Waals surface area contributed by atoms with Crippen LogP contribution in [-0.2, 0) is 9.53 Å². The van der Waals surface area contributed by atoms with Crippen LogP contribution in [0, 0.1) is 27.7 Å². The molecule has 7 heteroatoms. The molecule has 3 heterocycles. The topological polar surface area (TPSA) is 59.4 Å². The van der Waals surface area contributed by atoms with Crippen LogP contribution in [0.1, 0.15) is 58.7 Å². The predicted octanol–water partition coefficient (Wildman–Crippen LogP) is 5.03. The van der Waals surface area contributed by atoms with Gasteiger partial charge in [0.15, 0.2) is 5.11 Å². The Morgan fingerprint density at radius 3 is 2.50 bits per heavy atom. The van der Waals surface area contributed by atoms with Gasteiger partial charge in [0.05, 0.1) is 30.6 Å². The molecule has 0 saturated carbocycles. The summed E-state index contributed by atoms with van der Waals surface area (Å²) in [6.45, 7) is 9.30. The Balaban J connectivity index is 1.79. The van der Waals surface area contributed by atoms with Crippen molar-refractivity contribution >= 4 is 23.3 Å². The summed E-state index contributed by atoms with van der Waals surface area (Å²) in [6, 6.07) is 14.5. The van der Waals surface area contributed by atoms with E-state index in [-0.39, 0.29) is 18.1 Å². The van der Waals surface area contributed by atoms with Crippen molar-refractivity contribution in [1.29, 1.82) is 0 Å². The van der Waals surface area contributed by atoms with Gasteiger partial charge in [0.2, 0.25) is 0 Å². The molecule has 4 rings (SSSR count). The second-order valence-electron chi connectivity index (χ2n) is 8.90. The number of benzene rings is 1. The van der Waals surface area contributed by atoms with E-state index in [0.717, 1.165) is 5.69 Å². The van der Waals surface area contributed by atoms with Crippen LogP contribution in [0.2, 0.25) is 0 Å². The van der Waals surface area contributed by atoms with Gasteiger partial charge in [0, 0.05) is 30.6 Å². The first-order valence-electron chi connectivity index (χ1n) is 11.6. The fourth-order valence-electron chi connectivity index (χ4n) is 5.07. The second kappa shape index (κ2) is 9.97. The fourth-order valence-corrected chi connectivity index (χ4v) is 5.40. The average molecular weight is 477 g/mol. The molecule has 1 aromatic carbocycles. The van der Waals surface area contributed by atoms with Crippen LogP contribution in [0.15, 0.2) is 48.7 Å². The Morgan fingerprint density at radius 1 is 1.12 bits per heavy atom. The van der Waals surface area contributed by atoms with Crippen molar-refractivity contribution in [3.05, 3.63) is 82.4 Å². The Labute approximate surface area is 207 Å². The molecule has 0 bridgehead atoms. The van der Waals surface area contributed by atoms with Gasteiger partial charge < -0.3 is 19.5 Å². The van der Waals surface area contributed by atoms with Crippen LogP contribution in [0.5, 0.6) is 0 Å². The van der Waals surface area contributed by atoms with E-state index in [1.807, 2.05) is 24.4 Å². The van der Waals surface area contributed by atoms with Crippen LogP contribution >= 0.6 is 12.2 Å². The molecule has 1 saturated heterocycles. The standard InChI is InChI=1S/C27H32N4O2S/c1-17-10-8-11-18(2)25(17)31-19(3)16-21(20(31)4)26-24(22-12-6-7-14-28-22)29-27(34)30(26)15-9-13-23(32)33-5/h6-8,10-12,14,16,24,26H,9,13,15H2,1-5H3,(H,29,34)/t24-,26+/m1/s1. The zero-order valence-corrected chi connectivity index (χ0v) is 21.3. The summed E-state index contributed by atoms with van der Waals surface area (Å²) in [5.74, 6) is -0.205. The number of aryl methyl sites for hydroxylation is 3. The molecule has 1 aliphatic heterocycles. The van der Waals surface area contributed by atoms with Crippen LogP contribution in [0.4, 0.5) is 0 Å². The molecule has 34 heavy (non-hydrogen) atoms. The average Bonchev–Trinajstić information content (AvgIpc) is 3.30. The third-order valence-electron chi connectivity index (χ3n) is 6.66. The number of hydrogen-bond donors (Lipinski definition) is 1. The van der Waals surface area contributed by atoms with Gasteiger partial charge in [0.1, 0.15) is 0 Å². The molecule has 0 amide bonds. The molecule has 1 fully saturated rings. The molecule has 1 aliphatic rings. The lowest BCUT2D eigenvalue weighted by Gasteiger charge is -2.28. The van der Waals surface area contributed by atoms with Gasteiger partial charge in [-0.15, -0.1) is 0 Å². The van der Waals surface area contributed by atoms with Crippen molar-refractivity contribution in [2.24, 2.45) is 0 Å². The summed E-state index contributed by atoms with van der Waals surface area (Å²) in [5.41, 5.74) is 8.23. The molecular formula is C27H32N4O2S. The molecule has 0 aliphatic carbocycles. The Hall–Kier alpha value is -3.19. The van der Waals surface area contributed by atoms with E-state index >= 15 is 0 Å². The lowest BCUT2D eigenvalue weighted by Crippen LogP contribution is -2.31. The van der Waals surface area contributed by atoms with E-state index in [4.69, 9.17) is 17.0 Å². The summed E-state index contributed by atoms with van der Waals surface area (Å²) in [5, 5.41) is 4.19. The summed E-state index contributed by atoms with van der Waals surface area (Å²) in [4.78, 5) is 18.6. The Morgan fingerprint density at radius 2 is 1.85 bits per heavy atom.